The molecule has 2 aromatic carbocycles. The van der Waals surface area contributed by atoms with Crippen LogP contribution in [0.3, 0.4) is 0 Å². The van der Waals surface area contributed by atoms with E-state index in [1.165, 1.54) is 66.3 Å². The first kappa shape index (κ1) is 20.6. The number of nitrogens with one attached hydrogen (secondary N) is 1. The molecule has 0 spiro atoms. The molecule has 1 unspecified atom stereocenters. The molecule has 1 fully saturated rings. The first-order chi connectivity index (χ1) is 15.2. The number of para-hydroxylation sites is 1. The van der Waals surface area contributed by atoms with Crippen molar-refractivity contribution < 1.29 is 0 Å². The van der Waals surface area contributed by atoms with E-state index in [-0.39, 0.29) is 5.54 Å². The SMILES string of the molecule is CN(C)C1(c2ccccc2)CC=C(c2[nH]c3ccccc3c2CC2CCCCC2)CC1. The van der Waals surface area contributed by atoms with E-state index in [1.54, 1.807) is 5.56 Å². The third-order valence-corrected chi connectivity index (χ3v) is 8.01. The number of fused-ring (bicyclic) bond motifs is 1. The van der Waals surface area contributed by atoms with Crippen LogP contribution in [-0.2, 0) is 12.0 Å². The van der Waals surface area contributed by atoms with Gasteiger partial charge in [-0.2, -0.15) is 0 Å². The third-order valence-electron chi connectivity index (χ3n) is 8.01. The van der Waals surface area contributed by atoms with Crippen molar-refractivity contribution in [3.05, 3.63) is 77.5 Å². The monoisotopic (exact) mass is 412 g/mol. The molecule has 0 saturated heterocycles. The lowest BCUT2D eigenvalue weighted by Gasteiger charge is -2.43. The van der Waals surface area contributed by atoms with Crippen LogP contribution in [0.1, 0.15) is 68.2 Å². The van der Waals surface area contributed by atoms with Crippen molar-refractivity contribution in [3.8, 4) is 0 Å². The van der Waals surface area contributed by atoms with Gasteiger partial charge in [0, 0.05) is 22.1 Å². The van der Waals surface area contributed by atoms with Crippen LogP contribution in [0.2, 0.25) is 0 Å². The second-order valence-corrected chi connectivity index (χ2v) is 9.96. The second-order valence-electron chi connectivity index (χ2n) is 9.96. The van der Waals surface area contributed by atoms with Crippen molar-refractivity contribution in [2.75, 3.05) is 14.1 Å². The minimum absolute atomic E-state index is 0.0975. The Bertz CT molecular complexity index is 1050. The summed E-state index contributed by atoms with van der Waals surface area (Å²) in [5.74, 6) is 0.848. The highest BCUT2D eigenvalue weighted by atomic mass is 15.1. The normalized spacial score (nSPS) is 22.7. The molecule has 0 amide bonds. The molecular weight excluding hydrogens is 376 g/mol. The van der Waals surface area contributed by atoms with E-state index >= 15 is 0 Å². The van der Waals surface area contributed by atoms with E-state index in [9.17, 15) is 0 Å². The summed E-state index contributed by atoms with van der Waals surface area (Å²) >= 11 is 0. The first-order valence-electron chi connectivity index (χ1n) is 12.2. The van der Waals surface area contributed by atoms with Crippen LogP contribution in [0.15, 0.2) is 60.7 Å². The quantitative estimate of drug-likeness (QED) is 0.465. The second kappa shape index (κ2) is 8.67. The van der Waals surface area contributed by atoms with Crippen LogP contribution >= 0.6 is 0 Å². The highest BCUT2D eigenvalue weighted by Gasteiger charge is 2.36. The number of aromatic nitrogens is 1. The molecule has 0 radical (unpaired) electrons. The number of aromatic amines is 1. The van der Waals surface area contributed by atoms with Crippen LogP contribution in [-0.4, -0.2) is 24.0 Å². The van der Waals surface area contributed by atoms with E-state index < -0.39 is 0 Å². The zero-order valence-corrected chi connectivity index (χ0v) is 19.2. The van der Waals surface area contributed by atoms with Gasteiger partial charge >= 0.3 is 0 Å². The Balaban J connectivity index is 1.50. The van der Waals surface area contributed by atoms with Gasteiger partial charge in [0.15, 0.2) is 0 Å². The van der Waals surface area contributed by atoms with E-state index in [4.69, 9.17) is 0 Å². The lowest BCUT2D eigenvalue weighted by molar-refractivity contribution is 0.138. The van der Waals surface area contributed by atoms with Gasteiger partial charge in [-0.1, -0.05) is 86.7 Å². The Hall–Kier alpha value is -2.32. The van der Waals surface area contributed by atoms with Crippen molar-refractivity contribution in [1.82, 2.24) is 9.88 Å². The van der Waals surface area contributed by atoms with Gasteiger partial charge in [-0.15, -0.1) is 0 Å². The van der Waals surface area contributed by atoms with Crippen molar-refractivity contribution in [2.45, 2.75) is 63.3 Å². The molecule has 0 bridgehead atoms. The van der Waals surface area contributed by atoms with E-state index in [0.717, 1.165) is 25.2 Å². The molecule has 1 saturated carbocycles. The lowest BCUT2D eigenvalue weighted by Crippen LogP contribution is -2.42. The fourth-order valence-electron chi connectivity index (χ4n) is 6.11. The standard InChI is InChI=1S/C29H36N2/c1-31(2)29(24-13-7-4-8-14-24)19-17-23(18-20-29)28-26(21-22-11-5-3-6-12-22)25-15-9-10-16-27(25)30-28/h4,7-10,13-17,22,30H,3,5-6,11-12,18-21H2,1-2H3. The average molecular weight is 413 g/mol. The molecule has 1 N–H and O–H groups in total. The predicted molar refractivity (Wildman–Crippen MR) is 132 cm³/mol. The molecule has 162 valence electrons. The fourth-order valence-corrected chi connectivity index (χ4v) is 6.11. The van der Waals surface area contributed by atoms with Crippen LogP contribution in [0, 0.1) is 5.92 Å². The van der Waals surface area contributed by atoms with Crippen molar-refractivity contribution >= 4 is 16.5 Å². The van der Waals surface area contributed by atoms with E-state index in [1.807, 2.05) is 0 Å². The Labute approximate surface area is 187 Å². The molecule has 2 aliphatic rings. The number of rotatable bonds is 5. The number of hydrogen-bond acceptors (Lipinski definition) is 1. The highest BCUT2D eigenvalue weighted by molar-refractivity contribution is 5.89. The maximum Gasteiger partial charge on any atom is 0.0492 e. The van der Waals surface area contributed by atoms with Crippen molar-refractivity contribution in [3.63, 3.8) is 0 Å². The summed E-state index contributed by atoms with van der Waals surface area (Å²) < 4.78 is 0. The summed E-state index contributed by atoms with van der Waals surface area (Å²) in [6.07, 6.45) is 14.2. The Morgan fingerprint density at radius 1 is 0.935 bits per heavy atom. The smallest absolute Gasteiger partial charge is 0.0492 e. The zero-order chi connectivity index (χ0) is 21.3. The van der Waals surface area contributed by atoms with Crippen LogP contribution < -0.4 is 0 Å². The van der Waals surface area contributed by atoms with Gasteiger partial charge in [0.05, 0.1) is 0 Å². The minimum atomic E-state index is 0.0975. The number of H-pyrrole nitrogens is 1. The predicted octanol–water partition coefficient (Wildman–Crippen LogP) is 7.32. The van der Waals surface area contributed by atoms with Gasteiger partial charge in [0.2, 0.25) is 0 Å². The van der Waals surface area contributed by atoms with Crippen LogP contribution in [0.5, 0.6) is 0 Å². The number of nitrogens with zero attached hydrogens (tertiary/aromatic N) is 1. The van der Waals surface area contributed by atoms with E-state index in [2.05, 4.69) is 84.7 Å². The Morgan fingerprint density at radius 3 is 2.39 bits per heavy atom. The molecule has 0 aliphatic heterocycles. The maximum atomic E-state index is 3.84. The molecule has 1 atom stereocenters. The Kier molecular flexibility index (Phi) is 5.75. The largest absolute Gasteiger partial charge is 0.355 e. The number of hydrogen-bond donors (Lipinski definition) is 1. The fraction of sp³-hybridized carbons (Fsp3) is 0.448. The van der Waals surface area contributed by atoms with Crippen LogP contribution in [0.25, 0.3) is 16.5 Å². The zero-order valence-electron chi connectivity index (χ0n) is 19.2. The molecule has 31 heavy (non-hydrogen) atoms. The lowest BCUT2D eigenvalue weighted by atomic mass is 9.75. The number of benzene rings is 2. The summed E-state index contributed by atoms with van der Waals surface area (Å²) in [6, 6.07) is 20.0. The summed E-state index contributed by atoms with van der Waals surface area (Å²) in [7, 11) is 4.48. The van der Waals surface area contributed by atoms with Gasteiger partial charge in [0.1, 0.15) is 0 Å². The molecule has 3 aromatic rings. The molecule has 2 heteroatoms. The Morgan fingerprint density at radius 2 is 1.68 bits per heavy atom. The minimum Gasteiger partial charge on any atom is -0.355 e. The summed E-state index contributed by atoms with van der Waals surface area (Å²) in [5, 5.41) is 1.44. The highest BCUT2D eigenvalue weighted by Crippen LogP contribution is 2.44. The topological polar surface area (TPSA) is 19.0 Å². The first-order valence-corrected chi connectivity index (χ1v) is 12.2. The molecule has 2 aliphatic carbocycles. The molecule has 5 rings (SSSR count). The van der Waals surface area contributed by atoms with E-state index in [0.29, 0.717) is 0 Å². The van der Waals surface area contributed by atoms with Gasteiger partial charge in [-0.25, -0.2) is 0 Å². The van der Waals surface area contributed by atoms with Gasteiger partial charge in [-0.05, 0) is 68.5 Å². The van der Waals surface area contributed by atoms with Crippen LogP contribution in [0.4, 0.5) is 0 Å². The summed E-state index contributed by atoms with van der Waals surface area (Å²) in [4.78, 5) is 6.27. The van der Waals surface area contributed by atoms with Crippen molar-refractivity contribution in [1.29, 1.82) is 0 Å². The average Bonchev–Trinajstić information content (AvgIpc) is 3.18. The van der Waals surface area contributed by atoms with Gasteiger partial charge < -0.3 is 4.98 Å². The summed E-state index contributed by atoms with van der Waals surface area (Å²) in [5.41, 5.74) is 7.36. The molecule has 2 nitrogen and oxygen atoms in total. The summed E-state index contributed by atoms with van der Waals surface area (Å²) in [6.45, 7) is 0. The van der Waals surface area contributed by atoms with Gasteiger partial charge in [-0.3, -0.25) is 4.90 Å². The molecule has 1 aromatic heterocycles. The molecule has 1 heterocycles. The van der Waals surface area contributed by atoms with Crippen molar-refractivity contribution in [2.24, 2.45) is 5.92 Å². The number of allylic oxidation sites excluding steroid dienone is 1. The van der Waals surface area contributed by atoms with Gasteiger partial charge in [0.25, 0.3) is 0 Å². The third kappa shape index (κ3) is 3.87. The maximum absolute atomic E-state index is 3.84. The molecular formula is C29H36N2.